The van der Waals surface area contributed by atoms with Gasteiger partial charge in [-0.05, 0) is 53.2 Å². The summed E-state index contributed by atoms with van der Waals surface area (Å²) in [6.45, 7) is 4.07. The molecule has 0 spiro atoms. The Morgan fingerprint density at radius 3 is 2.95 bits per heavy atom. The number of nitrogens with zero attached hydrogens (tertiary/aromatic N) is 1. The number of hydrogen-bond donors (Lipinski definition) is 2. The van der Waals surface area contributed by atoms with Gasteiger partial charge in [0.15, 0.2) is 0 Å². The summed E-state index contributed by atoms with van der Waals surface area (Å²) >= 11 is 4.92. The monoisotopic (exact) mass is 374 g/mol. The second-order valence-electron chi connectivity index (χ2n) is 5.35. The number of likely N-dealkylation sites (tertiary alicyclic amines) is 1. The summed E-state index contributed by atoms with van der Waals surface area (Å²) in [6.07, 6.45) is 2.00. The first-order valence-electron chi connectivity index (χ1n) is 6.95. The lowest BCUT2D eigenvalue weighted by atomic mass is 9.98. The number of carbonyl (C=O) groups excluding carboxylic acids is 1. The largest absolute Gasteiger partial charge is 0.480 e. The van der Waals surface area contributed by atoms with Crippen molar-refractivity contribution in [1.29, 1.82) is 0 Å². The first-order valence-corrected chi connectivity index (χ1v) is 8.56. The smallest absolute Gasteiger partial charge is 0.317 e. The van der Waals surface area contributed by atoms with Gasteiger partial charge in [0.2, 0.25) is 0 Å². The quantitative estimate of drug-likeness (QED) is 0.829. The van der Waals surface area contributed by atoms with E-state index >= 15 is 0 Å². The zero-order chi connectivity index (χ0) is 15.4. The molecule has 0 aromatic carbocycles. The lowest BCUT2D eigenvalue weighted by Crippen LogP contribution is -2.43. The molecule has 2 N–H and O–H groups in total. The van der Waals surface area contributed by atoms with Crippen molar-refractivity contribution in [2.45, 2.75) is 19.8 Å². The molecule has 5 nitrogen and oxygen atoms in total. The minimum absolute atomic E-state index is 0.0263. The number of carboxylic acid groups (broad SMARTS) is 1. The SMILES string of the molecule is Cc1cc(C(=O)N2CCCC(CNCC(=O)O)C2)sc1Br. The summed E-state index contributed by atoms with van der Waals surface area (Å²) < 4.78 is 1.00. The number of thiophene rings is 1. The van der Waals surface area contributed by atoms with Crippen LogP contribution in [0.25, 0.3) is 0 Å². The molecule has 1 aliphatic heterocycles. The number of piperidine rings is 1. The minimum atomic E-state index is -0.849. The Bertz CT molecular complexity index is 513. The zero-order valence-corrected chi connectivity index (χ0v) is 14.3. The minimum Gasteiger partial charge on any atom is -0.480 e. The van der Waals surface area contributed by atoms with Crippen molar-refractivity contribution >= 4 is 39.1 Å². The number of rotatable bonds is 5. The molecule has 1 unspecified atom stereocenters. The Morgan fingerprint density at radius 2 is 2.33 bits per heavy atom. The van der Waals surface area contributed by atoms with E-state index in [1.54, 1.807) is 0 Å². The van der Waals surface area contributed by atoms with Crippen LogP contribution in [0.3, 0.4) is 0 Å². The molecule has 1 saturated heterocycles. The van der Waals surface area contributed by atoms with Gasteiger partial charge in [0, 0.05) is 19.6 Å². The summed E-state index contributed by atoms with van der Waals surface area (Å²) in [6, 6.07) is 1.92. The van der Waals surface area contributed by atoms with Crippen molar-refractivity contribution < 1.29 is 14.7 Å². The van der Waals surface area contributed by atoms with Crippen LogP contribution in [0.1, 0.15) is 28.1 Å². The highest BCUT2D eigenvalue weighted by Gasteiger charge is 2.25. The van der Waals surface area contributed by atoms with Gasteiger partial charge in [-0.3, -0.25) is 9.59 Å². The van der Waals surface area contributed by atoms with Crippen LogP contribution in [0, 0.1) is 12.8 Å². The predicted octanol–water partition coefficient (Wildman–Crippen LogP) is 2.35. The van der Waals surface area contributed by atoms with Gasteiger partial charge in [-0.25, -0.2) is 0 Å². The molecule has 1 fully saturated rings. The van der Waals surface area contributed by atoms with E-state index < -0.39 is 5.97 Å². The second kappa shape index (κ2) is 7.38. The number of aryl methyl sites for hydroxylation is 1. The normalized spacial score (nSPS) is 18.8. The summed E-state index contributed by atoms with van der Waals surface area (Å²) in [7, 11) is 0. The van der Waals surface area contributed by atoms with Crippen LogP contribution in [0.5, 0.6) is 0 Å². The molecule has 21 heavy (non-hydrogen) atoms. The number of amides is 1. The second-order valence-corrected chi connectivity index (χ2v) is 7.72. The van der Waals surface area contributed by atoms with Crippen LogP contribution in [0.15, 0.2) is 9.85 Å². The molecule has 2 heterocycles. The van der Waals surface area contributed by atoms with E-state index in [4.69, 9.17) is 5.11 Å². The molecule has 1 aliphatic rings. The first kappa shape index (κ1) is 16.5. The van der Waals surface area contributed by atoms with Crippen LogP contribution in [-0.4, -0.2) is 48.1 Å². The van der Waals surface area contributed by atoms with E-state index in [-0.39, 0.29) is 12.5 Å². The van der Waals surface area contributed by atoms with Gasteiger partial charge in [0.05, 0.1) is 15.2 Å². The summed E-state index contributed by atoms with van der Waals surface area (Å²) in [4.78, 5) is 25.6. The van der Waals surface area contributed by atoms with Gasteiger partial charge < -0.3 is 15.3 Å². The standard InChI is InChI=1S/C14H19BrN2O3S/c1-9-5-11(21-13(9)15)14(20)17-4-2-3-10(8-17)6-16-7-12(18)19/h5,10,16H,2-4,6-8H2,1H3,(H,18,19). The zero-order valence-electron chi connectivity index (χ0n) is 11.9. The van der Waals surface area contributed by atoms with Gasteiger partial charge in [-0.2, -0.15) is 0 Å². The Hall–Kier alpha value is -0.920. The summed E-state index contributed by atoms with van der Waals surface area (Å²) in [5.74, 6) is -0.444. The van der Waals surface area contributed by atoms with Crippen molar-refractivity contribution in [2.75, 3.05) is 26.2 Å². The molecule has 0 saturated carbocycles. The molecule has 1 atom stereocenters. The van der Waals surface area contributed by atoms with Gasteiger partial charge in [0.1, 0.15) is 0 Å². The van der Waals surface area contributed by atoms with E-state index in [1.165, 1.54) is 11.3 Å². The third kappa shape index (κ3) is 4.52. The highest BCUT2D eigenvalue weighted by atomic mass is 79.9. The molecule has 1 aromatic rings. The lowest BCUT2D eigenvalue weighted by molar-refractivity contribution is -0.136. The van der Waals surface area contributed by atoms with E-state index in [2.05, 4.69) is 21.2 Å². The van der Waals surface area contributed by atoms with E-state index in [9.17, 15) is 9.59 Å². The van der Waals surface area contributed by atoms with E-state index in [1.807, 2.05) is 17.9 Å². The molecule has 0 radical (unpaired) electrons. The molecular formula is C14H19BrN2O3S. The third-order valence-corrected chi connectivity index (χ3v) is 5.71. The lowest BCUT2D eigenvalue weighted by Gasteiger charge is -2.32. The number of carboxylic acids is 1. The van der Waals surface area contributed by atoms with Crippen molar-refractivity contribution in [3.05, 3.63) is 20.3 Å². The molecule has 1 aromatic heterocycles. The van der Waals surface area contributed by atoms with Gasteiger partial charge in [0.25, 0.3) is 5.91 Å². The fourth-order valence-corrected chi connectivity index (χ4v) is 4.02. The average Bonchev–Trinajstić information content (AvgIpc) is 2.78. The van der Waals surface area contributed by atoms with Crippen molar-refractivity contribution in [2.24, 2.45) is 5.92 Å². The molecule has 2 rings (SSSR count). The number of nitrogens with one attached hydrogen (secondary N) is 1. The van der Waals surface area contributed by atoms with Crippen LogP contribution in [0.4, 0.5) is 0 Å². The number of hydrogen-bond acceptors (Lipinski definition) is 4. The molecule has 116 valence electrons. The van der Waals surface area contributed by atoms with Crippen LogP contribution >= 0.6 is 27.3 Å². The van der Waals surface area contributed by atoms with E-state index in [0.717, 1.165) is 33.6 Å². The molecule has 1 amide bonds. The number of carbonyl (C=O) groups is 2. The van der Waals surface area contributed by atoms with Crippen LogP contribution in [-0.2, 0) is 4.79 Å². The number of aliphatic carboxylic acids is 1. The summed E-state index contributed by atoms with van der Waals surface area (Å²) in [5, 5.41) is 11.6. The molecule has 7 heteroatoms. The number of halogens is 1. The summed E-state index contributed by atoms with van der Waals surface area (Å²) in [5.41, 5.74) is 1.08. The first-order chi connectivity index (χ1) is 9.97. The highest BCUT2D eigenvalue weighted by molar-refractivity contribution is 9.11. The maximum atomic E-state index is 12.5. The Balaban J connectivity index is 1.91. The Kier molecular flexibility index (Phi) is 5.78. The fraction of sp³-hybridized carbons (Fsp3) is 0.571. The Morgan fingerprint density at radius 1 is 1.57 bits per heavy atom. The molecule has 0 aliphatic carbocycles. The van der Waals surface area contributed by atoms with Crippen molar-refractivity contribution in [3.63, 3.8) is 0 Å². The topological polar surface area (TPSA) is 69.6 Å². The molecular weight excluding hydrogens is 356 g/mol. The third-order valence-electron chi connectivity index (χ3n) is 3.58. The van der Waals surface area contributed by atoms with Gasteiger partial charge in [-0.15, -0.1) is 11.3 Å². The highest BCUT2D eigenvalue weighted by Crippen LogP contribution is 2.29. The van der Waals surface area contributed by atoms with Crippen LogP contribution in [0.2, 0.25) is 0 Å². The maximum Gasteiger partial charge on any atom is 0.317 e. The Labute approximate surface area is 136 Å². The maximum absolute atomic E-state index is 12.5. The van der Waals surface area contributed by atoms with Crippen molar-refractivity contribution in [3.8, 4) is 0 Å². The predicted molar refractivity (Wildman–Crippen MR) is 85.9 cm³/mol. The molecule has 0 bridgehead atoms. The van der Waals surface area contributed by atoms with Gasteiger partial charge in [-0.1, -0.05) is 0 Å². The average molecular weight is 375 g/mol. The van der Waals surface area contributed by atoms with Gasteiger partial charge >= 0.3 is 5.97 Å². The van der Waals surface area contributed by atoms with Crippen LogP contribution < -0.4 is 5.32 Å². The van der Waals surface area contributed by atoms with E-state index in [0.29, 0.717) is 19.0 Å². The fourth-order valence-electron chi connectivity index (χ4n) is 2.52. The van der Waals surface area contributed by atoms with Crippen molar-refractivity contribution in [1.82, 2.24) is 10.2 Å².